The van der Waals surface area contributed by atoms with Gasteiger partial charge in [-0.3, -0.25) is 4.79 Å². The molecular formula is C15H20O4. The van der Waals surface area contributed by atoms with E-state index in [1.54, 1.807) is 0 Å². The molecule has 3 fully saturated rings. The normalized spacial score (nSPS) is 58.4. The van der Waals surface area contributed by atoms with Gasteiger partial charge in [0.15, 0.2) is 11.6 Å². The first kappa shape index (κ1) is 12.1. The summed E-state index contributed by atoms with van der Waals surface area (Å²) in [7, 11) is 0. The summed E-state index contributed by atoms with van der Waals surface area (Å²) in [5.41, 5.74) is -0.504. The van der Waals surface area contributed by atoms with Crippen LogP contribution in [0.3, 0.4) is 0 Å². The fourth-order valence-electron chi connectivity index (χ4n) is 5.10. The van der Waals surface area contributed by atoms with Crippen LogP contribution < -0.4 is 0 Å². The average molecular weight is 264 g/mol. The van der Waals surface area contributed by atoms with Gasteiger partial charge in [0.05, 0.1) is 12.7 Å². The third-order valence-electron chi connectivity index (χ3n) is 6.59. The van der Waals surface area contributed by atoms with Crippen LogP contribution in [0.4, 0.5) is 0 Å². The Balaban J connectivity index is 2.00. The maximum Gasteiger partial charge on any atom is 0.196 e. The third-order valence-corrected chi connectivity index (χ3v) is 6.59. The van der Waals surface area contributed by atoms with Crippen LogP contribution in [-0.2, 0) is 14.3 Å². The Morgan fingerprint density at radius 2 is 2.16 bits per heavy atom. The van der Waals surface area contributed by atoms with Crippen LogP contribution in [0, 0.1) is 10.8 Å². The molecule has 0 aromatic rings. The number of carbonyl (C=O) groups excluding carboxylic acids is 1. The minimum atomic E-state index is -0.816. The molecule has 4 heteroatoms. The van der Waals surface area contributed by atoms with E-state index in [4.69, 9.17) is 9.47 Å². The van der Waals surface area contributed by atoms with Gasteiger partial charge in [-0.15, -0.1) is 0 Å². The van der Waals surface area contributed by atoms with Gasteiger partial charge in [-0.1, -0.05) is 13.8 Å². The summed E-state index contributed by atoms with van der Waals surface area (Å²) in [6.07, 6.45) is 4.10. The zero-order valence-electron chi connectivity index (χ0n) is 11.7. The Labute approximate surface area is 112 Å². The summed E-state index contributed by atoms with van der Waals surface area (Å²) >= 11 is 0. The van der Waals surface area contributed by atoms with Crippen molar-refractivity contribution in [1.29, 1.82) is 0 Å². The second kappa shape index (κ2) is 2.97. The van der Waals surface area contributed by atoms with E-state index in [0.29, 0.717) is 6.42 Å². The molecular weight excluding hydrogens is 244 g/mol. The number of Topliss-reactive ketones (excluding diaryl/α,β-unsaturated/α-hetero) is 1. The predicted molar refractivity (Wildman–Crippen MR) is 67.3 cm³/mol. The number of allylic oxidation sites excluding steroid dienone is 1. The molecule has 0 unspecified atom stereocenters. The molecule has 2 bridgehead atoms. The molecule has 1 N–H and O–H groups in total. The van der Waals surface area contributed by atoms with Gasteiger partial charge >= 0.3 is 0 Å². The Morgan fingerprint density at radius 1 is 1.42 bits per heavy atom. The van der Waals surface area contributed by atoms with E-state index in [1.165, 1.54) is 0 Å². The molecule has 4 rings (SSSR count). The molecule has 2 heterocycles. The fraction of sp³-hybridized carbons (Fsp3) is 0.800. The maximum absolute atomic E-state index is 12.2. The molecule has 2 aliphatic heterocycles. The Kier molecular flexibility index (Phi) is 1.89. The van der Waals surface area contributed by atoms with Crippen LogP contribution in [0.1, 0.15) is 40.0 Å². The number of fused-ring (bicyclic) bond motifs is 1. The standard InChI is InChI=1S/C15H20O4/c1-9-6-15-13(3,7-10(9)17)12(2)5-4-11(18-15)14(12,8-16)19-15/h6,11,16H,4-5,7-8H2,1-3H3/t11-,12+,13-,14-,15-/m1/s1. The van der Waals surface area contributed by atoms with Gasteiger partial charge in [0.2, 0.25) is 0 Å². The summed E-state index contributed by atoms with van der Waals surface area (Å²) in [5.74, 6) is -0.644. The van der Waals surface area contributed by atoms with Gasteiger partial charge in [0, 0.05) is 17.3 Å². The largest absolute Gasteiger partial charge is 0.393 e. The molecule has 2 aliphatic carbocycles. The van der Waals surface area contributed by atoms with Gasteiger partial charge in [-0.25, -0.2) is 0 Å². The van der Waals surface area contributed by atoms with Crippen LogP contribution in [0.2, 0.25) is 0 Å². The first-order chi connectivity index (χ1) is 8.84. The second-order valence-electron chi connectivity index (χ2n) is 7.05. The minimum absolute atomic E-state index is 0.0351. The number of hydrogen-bond donors (Lipinski definition) is 1. The van der Waals surface area contributed by atoms with Crippen molar-refractivity contribution < 1.29 is 19.4 Å². The first-order valence-corrected chi connectivity index (χ1v) is 7.06. The topological polar surface area (TPSA) is 55.8 Å². The van der Waals surface area contributed by atoms with Gasteiger partial charge < -0.3 is 14.6 Å². The van der Waals surface area contributed by atoms with E-state index >= 15 is 0 Å². The molecule has 0 amide bonds. The SMILES string of the molecule is CC1=C[C@]23O[C@@H]4CC[C@@](C)([C@@]2(C)CC1=O)[C@]4(CO)O3. The highest BCUT2D eigenvalue weighted by atomic mass is 16.8. The molecule has 0 aromatic heterocycles. The number of ether oxygens (including phenoxy) is 2. The molecule has 104 valence electrons. The van der Waals surface area contributed by atoms with E-state index in [2.05, 4.69) is 13.8 Å². The monoisotopic (exact) mass is 264 g/mol. The highest BCUT2D eigenvalue weighted by Gasteiger charge is 2.85. The number of aliphatic hydroxyl groups excluding tert-OH is 1. The molecule has 0 aromatic carbocycles. The number of aliphatic hydroxyl groups is 1. The van der Waals surface area contributed by atoms with E-state index < -0.39 is 11.4 Å². The van der Waals surface area contributed by atoms with Gasteiger partial charge in [0.25, 0.3) is 0 Å². The lowest BCUT2D eigenvalue weighted by molar-refractivity contribution is -0.199. The van der Waals surface area contributed by atoms with Crippen molar-refractivity contribution in [2.24, 2.45) is 10.8 Å². The lowest BCUT2D eigenvalue weighted by Crippen LogP contribution is -2.61. The van der Waals surface area contributed by atoms with Crippen LogP contribution in [0.15, 0.2) is 11.6 Å². The van der Waals surface area contributed by atoms with Crippen LogP contribution >= 0.6 is 0 Å². The summed E-state index contributed by atoms with van der Waals surface area (Å²) in [5, 5.41) is 9.97. The average Bonchev–Trinajstić information content (AvgIpc) is 2.84. The molecule has 5 atom stereocenters. The van der Waals surface area contributed by atoms with Crippen molar-refractivity contribution in [3.05, 3.63) is 11.6 Å². The molecule has 1 spiro atoms. The molecule has 19 heavy (non-hydrogen) atoms. The third kappa shape index (κ3) is 0.920. The Bertz CT molecular complexity index is 526. The highest BCUT2D eigenvalue weighted by molar-refractivity contribution is 5.97. The number of ketones is 1. The quantitative estimate of drug-likeness (QED) is 0.781. The maximum atomic E-state index is 12.2. The van der Waals surface area contributed by atoms with E-state index in [0.717, 1.165) is 18.4 Å². The lowest BCUT2D eigenvalue weighted by atomic mass is 9.53. The Morgan fingerprint density at radius 3 is 2.84 bits per heavy atom. The zero-order valence-corrected chi connectivity index (χ0v) is 11.7. The van der Waals surface area contributed by atoms with Crippen LogP contribution in [0.5, 0.6) is 0 Å². The van der Waals surface area contributed by atoms with Crippen LogP contribution in [0.25, 0.3) is 0 Å². The van der Waals surface area contributed by atoms with Crippen molar-refractivity contribution in [2.45, 2.75) is 57.5 Å². The van der Waals surface area contributed by atoms with Crippen molar-refractivity contribution in [2.75, 3.05) is 6.61 Å². The summed E-state index contributed by atoms with van der Waals surface area (Å²) in [6.45, 7) is 6.04. The van der Waals surface area contributed by atoms with E-state index in [9.17, 15) is 9.90 Å². The predicted octanol–water partition coefficient (Wildman–Crippen LogP) is 1.57. The first-order valence-electron chi connectivity index (χ1n) is 7.06. The smallest absolute Gasteiger partial charge is 0.196 e. The lowest BCUT2D eigenvalue weighted by Gasteiger charge is -2.52. The van der Waals surface area contributed by atoms with Crippen molar-refractivity contribution in [3.63, 3.8) is 0 Å². The van der Waals surface area contributed by atoms with Crippen molar-refractivity contribution in [1.82, 2.24) is 0 Å². The Hall–Kier alpha value is -0.710. The van der Waals surface area contributed by atoms with Crippen molar-refractivity contribution >= 4 is 5.78 Å². The molecule has 0 radical (unpaired) electrons. The van der Waals surface area contributed by atoms with E-state index in [-0.39, 0.29) is 29.3 Å². The molecule has 4 aliphatic rings. The number of rotatable bonds is 1. The van der Waals surface area contributed by atoms with Crippen LogP contribution in [-0.4, -0.2) is 35.0 Å². The van der Waals surface area contributed by atoms with E-state index in [1.807, 2.05) is 13.0 Å². The van der Waals surface area contributed by atoms with Gasteiger partial charge in [0.1, 0.15) is 5.60 Å². The number of carbonyl (C=O) groups is 1. The fourth-order valence-corrected chi connectivity index (χ4v) is 5.10. The molecule has 4 nitrogen and oxygen atoms in total. The van der Waals surface area contributed by atoms with Gasteiger partial charge in [-0.2, -0.15) is 0 Å². The molecule has 1 saturated carbocycles. The highest BCUT2D eigenvalue weighted by Crippen LogP contribution is 2.77. The van der Waals surface area contributed by atoms with Crippen molar-refractivity contribution in [3.8, 4) is 0 Å². The minimum Gasteiger partial charge on any atom is -0.393 e. The molecule has 2 saturated heterocycles. The van der Waals surface area contributed by atoms with Gasteiger partial charge in [-0.05, 0) is 31.4 Å². The second-order valence-corrected chi connectivity index (χ2v) is 7.05. The summed E-state index contributed by atoms with van der Waals surface area (Å²) < 4.78 is 12.5. The summed E-state index contributed by atoms with van der Waals surface area (Å²) in [4.78, 5) is 12.2. The zero-order chi connectivity index (χ0) is 13.7. The summed E-state index contributed by atoms with van der Waals surface area (Å²) in [6, 6.07) is 0. The number of hydrogen-bond acceptors (Lipinski definition) is 4.